The van der Waals surface area contributed by atoms with Gasteiger partial charge in [-0.05, 0) is 6.42 Å². The highest BCUT2D eigenvalue weighted by Gasteiger charge is 2.12. The molecule has 0 aliphatic rings. The van der Waals surface area contributed by atoms with Gasteiger partial charge in [0.1, 0.15) is 0 Å². The van der Waals surface area contributed by atoms with Gasteiger partial charge in [0.05, 0.1) is 26.2 Å². The molecule has 0 aliphatic carbocycles. The van der Waals surface area contributed by atoms with Crippen LogP contribution in [0.4, 0.5) is 0 Å². The molecule has 0 saturated heterocycles. The standard InChI is InChI=1S/C13H27N3O4/c1-11(12(17)19-4)10-16-13(14-2)15-6-5-7-20-9-8-18-3/h11H,5-10H2,1-4H3,(H2,14,15,16). The summed E-state index contributed by atoms with van der Waals surface area (Å²) < 4.78 is 14.9. The summed E-state index contributed by atoms with van der Waals surface area (Å²) in [5.74, 6) is 0.216. The molecule has 0 aliphatic heterocycles. The van der Waals surface area contributed by atoms with Crippen molar-refractivity contribution in [3.05, 3.63) is 0 Å². The molecule has 7 heteroatoms. The Morgan fingerprint density at radius 2 is 1.95 bits per heavy atom. The summed E-state index contributed by atoms with van der Waals surface area (Å²) in [6.45, 7) is 4.93. The number of carbonyl (C=O) groups excluding carboxylic acids is 1. The third kappa shape index (κ3) is 9.57. The average Bonchev–Trinajstić information content (AvgIpc) is 2.48. The van der Waals surface area contributed by atoms with Gasteiger partial charge in [0.2, 0.25) is 0 Å². The van der Waals surface area contributed by atoms with Gasteiger partial charge in [-0.15, -0.1) is 0 Å². The number of hydrogen-bond donors (Lipinski definition) is 2. The van der Waals surface area contributed by atoms with Crippen LogP contribution in [-0.4, -0.2) is 66.1 Å². The number of methoxy groups -OCH3 is 2. The van der Waals surface area contributed by atoms with Crippen LogP contribution in [0.5, 0.6) is 0 Å². The molecule has 118 valence electrons. The van der Waals surface area contributed by atoms with Gasteiger partial charge < -0.3 is 24.8 Å². The summed E-state index contributed by atoms with van der Waals surface area (Å²) >= 11 is 0. The molecule has 0 fully saturated rings. The lowest BCUT2D eigenvalue weighted by molar-refractivity contribution is -0.144. The van der Waals surface area contributed by atoms with Gasteiger partial charge in [-0.2, -0.15) is 0 Å². The molecule has 0 aromatic rings. The summed E-state index contributed by atoms with van der Waals surface area (Å²) in [6.07, 6.45) is 0.872. The quantitative estimate of drug-likeness (QED) is 0.255. The fourth-order valence-corrected chi connectivity index (χ4v) is 1.38. The van der Waals surface area contributed by atoms with Gasteiger partial charge in [0.15, 0.2) is 5.96 Å². The smallest absolute Gasteiger partial charge is 0.310 e. The van der Waals surface area contributed by atoms with Crippen LogP contribution >= 0.6 is 0 Å². The van der Waals surface area contributed by atoms with Crippen molar-refractivity contribution in [2.75, 3.05) is 54.2 Å². The maximum absolute atomic E-state index is 11.2. The van der Waals surface area contributed by atoms with E-state index in [2.05, 4.69) is 20.4 Å². The van der Waals surface area contributed by atoms with Gasteiger partial charge in [0.25, 0.3) is 0 Å². The lowest BCUT2D eigenvalue weighted by Gasteiger charge is -2.14. The maximum Gasteiger partial charge on any atom is 0.310 e. The van der Waals surface area contributed by atoms with Gasteiger partial charge >= 0.3 is 5.97 Å². The predicted molar refractivity (Wildman–Crippen MR) is 77.9 cm³/mol. The van der Waals surface area contributed by atoms with Crippen molar-refractivity contribution in [1.29, 1.82) is 0 Å². The second kappa shape index (κ2) is 12.7. The van der Waals surface area contributed by atoms with Crippen molar-refractivity contribution >= 4 is 11.9 Å². The highest BCUT2D eigenvalue weighted by atomic mass is 16.5. The van der Waals surface area contributed by atoms with E-state index in [1.54, 1.807) is 21.1 Å². The van der Waals surface area contributed by atoms with Crippen LogP contribution in [0.2, 0.25) is 0 Å². The van der Waals surface area contributed by atoms with Crippen molar-refractivity contribution in [3.8, 4) is 0 Å². The number of carbonyl (C=O) groups is 1. The zero-order valence-electron chi connectivity index (χ0n) is 12.9. The Bertz CT molecular complexity index is 285. The monoisotopic (exact) mass is 289 g/mol. The zero-order valence-corrected chi connectivity index (χ0v) is 12.9. The molecule has 0 rings (SSSR count). The van der Waals surface area contributed by atoms with E-state index < -0.39 is 0 Å². The largest absolute Gasteiger partial charge is 0.469 e. The fraction of sp³-hybridized carbons (Fsp3) is 0.846. The van der Waals surface area contributed by atoms with Crippen molar-refractivity contribution in [2.24, 2.45) is 10.9 Å². The van der Waals surface area contributed by atoms with Crippen molar-refractivity contribution < 1.29 is 19.0 Å². The Kier molecular flexibility index (Phi) is 11.8. The number of nitrogens with one attached hydrogen (secondary N) is 2. The first-order valence-electron chi connectivity index (χ1n) is 6.74. The average molecular weight is 289 g/mol. The third-order valence-corrected chi connectivity index (χ3v) is 2.59. The molecular formula is C13H27N3O4. The van der Waals surface area contributed by atoms with Crippen molar-refractivity contribution in [3.63, 3.8) is 0 Å². The first-order valence-corrected chi connectivity index (χ1v) is 6.74. The molecule has 0 radical (unpaired) electrons. The summed E-state index contributed by atoms with van der Waals surface area (Å²) in [6, 6.07) is 0. The van der Waals surface area contributed by atoms with Crippen LogP contribution in [-0.2, 0) is 19.0 Å². The lowest BCUT2D eigenvalue weighted by Crippen LogP contribution is -2.41. The number of nitrogens with zero attached hydrogens (tertiary/aromatic N) is 1. The van der Waals surface area contributed by atoms with E-state index in [1.165, 1.54) is 7.11 Å². The molecule has 1 atom stereocenters. The van der Waals surface area contributed by atoms with E-state index in [9.17, 15) is 4.79 Å². The van der Waals surface area contributed by atoms with E-state index in [1.807, 2.05) is 0 Å². The predicted octanol–water partition coefficient (Wildman–Crippen LogP) is 0.0136. The Morgan fingerprint density at radius 3 is 2.55 bits per heavy atom. The van der Waals surface area contributed by atoms with E-state index in [-0.39, 0.29) is 11.9 Å². The number of ether oxygens (including phenoxy) is 3. The number of aliphatic imine (C=N–C) groups is 1. The highest BCUT2D eigenvalue weighted by Crippen LogP contribution is 1.94. The lowest BCUT2D eigenvalue weighted by atomic mass is 10.2. The number of guanidine groups is 1. The van der Waals surface area contributed by atoms with E-state index in [4.69, 9.17) is 9.47 Å². The SMILES string of the molecule is CN=C(NCCCOCCOC)NCC(C)C(=O)OC. The fourth-order valence-electron chi connectivity index (χ4n) is 1.38. The van der Waals surface area contributed by atoms with Gasteiger partial charge in [0, 0.05) is 33.9 Å². The van der Waals surface area contributed by atoms with Gasteiger partial charge in [-0.25, -0.2) is 0 Å². The molecule has 20 heavy (non-hydrogen) atoms. The Labute approximate surface area is 121 Å². The molecule has 0 amide bonds. The van der Waals surface area contributed by atoms with Crippen LogP contribution in [0.25, 0.3) is 0 Å². The van der Waals surface area contributed by atoms with E-state index >= 15 is 0 Å². The Hall–Kier alpha value is -1.34. The van der Waals surface area contributed by atoms with Crippen LogP contribution in [0.15, 0.2) is 4.99 Å². The van der Waals surface area contributed by atoms with Crippen LogP contribution in [0.3, 0.4) is 0 Å². The molecule has 0 heterocycles. The normalized spacial score (nSPS) is 12.9. The topological polar surface area (TPSA) is 81.2 Å². The van der Waals surface area contributed by atoms with Crippen LogP contribution < -0.4 is 10.6 Å². The van der Waals surface area contributed by atoms with Crippen molar-refractivity contribution in [1.82, 2.24) is 10.6 Å². The number of rotatable bonds is 10. The minimum atomic E-state index is -0.237. The summed E-state index contributed by atoms with van der Waals surface area (Å²) in [7, 11) is 4.72. The number of hydrogen-bond acceptors (Lipinski definition) is 5. The van der Waals surface area contributed by atoms with Crippen LogP contribution in [0.1, 0.15) is 13.3 Å². The first kappa shape index (κ1) is 18.7. The molecule has 2 N–H and O–H groups in total. The molecule has 7 nitrogen and oxygen atoms in total. The van der Waals surface area contributed by atoms with E-state index in [0.29, 0.717) is 32.3 Å². The van der Waals surface area contributed by atoms with Gasteiger partial charge in [-0.3, -0.25) is 9.79 Å². The van der Waals surface area contributed by atoms with Crippen molar-refractivity contribution in [2.45, 2.75) is 13.3 Å². The summed E-state index contributed by atoms with van der Waals surface area (Å²) in [5, 5.41) is 6.22. The van der Waals surface area contributed by atoms with Crippen LogP contribution in [0, 0.1) is 5.92 Å². The highest BCUT2D eigenvalue weighted by molar-refractivity contribution is 5.80. The second-order valence-corrected chi connectivity index (χ2v) is 4.26. The zero-order chi connectivity index (χ0) is 15.2. The third-order valence-electron chi connectivity index (χ3n) is 2.59. The molecular weight excluding hydrogens is 262 g/mol. The summed E-state index contributed by atoms with van der Waals surface area (Å²) in [4.78, 5) is 15.3. The Morgan fingerprint density at radius 1 is 1.20 bits per heavy atom. The van der Waals surface area contributed by atoms with E-state index in [0.717, 1.165) is 13.0 Å². The Balaban J connectivity index is 3.65. The molecule has 0 spiro atoms. The second-order valence-electron chi connectivity index (χ2n) is 4.26. The number of esters is 1. The molecule has 0 aromatic carbocycles. The summed E-state index contributed by atoms with van der Waals surface area (Å²) in [5.41, 5.74) is 0. The minimum absolute atomic E-state index is 0.212. The first-order chi connectivity index (χ1) is 9.65. The molecule has 0 aromatic heterocycles. The minimum Gasteiger partial charge on any atom is -0.469 e. The molecule has 0 saturated carbocycles. The van der Waals surface area contributed by atoms with Gasteiger partial charge in [-0.1, -0.05) is 6.92 Å². The molecule has 0 bridgehead atoms. The maximum atomic E-state index is 11.2. The molecule has 1 unspecified atom stereocenters.